The van der Waals surface area contributed by atoms with Crippen LogP contribution in [0, 0.1) is 13.8 Å². The lowest BCUT2D eigenvalue weighted by Gasteiger charge is -2.10. The van der Waals surface area contributed by atoms with Crippen LogP contribution in [0.2, 0.25) is 0 Å². The van der Waals surface area contributed by atoms with Crippen LogP contribution in [0.15, 0.2) is 24.8 Å². The standard InChI is InChI=1S/C13H18/c1-5-7-11(3)13-9-6-8-10(2)12(13)4/h6,8-9H,3,5,7H2,1-2,4H3. The van der Waals surface area contributed by atoms with Crippen molar-refractivity contribution in [2.24, 2.45) is 0 Å². The van der Waals surface area contributed by atoms with Gasteiger partial charge in [-0.25, -0.2) is 0 Å². The Morgan fingerprint density at radius 3 is 2.62 bits per heavy atom. The van der Waals surface area contributed by atoms with Gasteiger partial charge in [0.2, 0.25) is 0 Å². The molecule has 0 bridgehead atoms. The van der Waals surface area contributed by atoms with Crippen molar-refractivity contribution in [1.82, 2.24) is 0 Å². The van der Waals surface area contributed by atoms with Crippen LogP contribution in [0.25, 0.3) is 5.57 Å². The molecule has 0 heteroatoms. The van der Waals surface area contributed by atoms with Crippen LogP contribution in [-0.4, -0.2) is 0 Å². The first-order chi connectivity index (χ1) is 6.16. The van der Waals surface area contributed by atoms with Gasteiger partial charge in [0.15, 0.2) is 0 Å². The van der Waals surface area contributed by atoms with Crippen molar-refractivity contribution in [1.29, 1.82) is 0 Å². The molecule has 70 valence electrons. The van der Waals surface area contributed by atoms with Gasteiger partial charge in [0, 0.05) is 0 Å². The van der Waals surface area contributed by atoms with E-state index in [4.69, 9.17) is 0 Å². The Balaban J connectivity index is 3.01. The molecule has 0 fully saturated rings. The van der Waals surface area contributed by atoms with Crippen LogP contribution < -0.4 is 0 Å². The zero-order valence-electron chi connectivity index (χ0n) is 8.85. The van der Waals surface area contributed by atoms with Gasteiger partial charge in [-0.3, -0.25) is 0 Å². The molecular weight excluding hydrogens is 156 g/mol. The first kappa shape index (κ1) is 10.0. The summed E-state index contributed by atoms with van der Waals surface area (Å²) in [5, 5.41) is 0. The van der Waals surface area contributed by atoms with E-state index in [-0.39, 0.29) is 0 Å². The Kier molecular flexibility index (Phi) is 3.30. The van der Waals surface area contributed by atoms with Gasteiger partial charge in [-0.15, -0.1) is 0 Å². The Morgan fingerprint density at radius 1 is 1.31 bits per heavy atom. The maximum absolute atomic E-state index is 4.12. The molecule has 0 aliphatic rings. The predicted octanol–water partition coefficient (Wildman–Crippen LogP) is 4.12. The number of benzene rings is 1. The average Bonchev–Trinajstić information content (AvgIpc) is 2.10. The van der Waals surface area contributed by atoms with Crippen molar-refractivity contribution in [2.45, 2.75) is 33.6 Å². The zero-order valence-corrected chi connectivity index (χ0v) is 8.85. The van der Waals surface area contributed by atoms with E-state index in [2.05, 4.69) is 45.5 Å². The quantitative estimate of drug-likeness (QED) is 0.646. The summed E-state index contributed by atoms with van der Waals surface area (Å²) in [7, 11) is 0. The monoisotopic (exact) mass is 174 g/mol. The lowest BCUT2D eigenvalue weighted by Crippen LogP contribution is -1.90. The lowest BCUT2D eigenvalue weighted by atomic mass is 9.96. The Morgan fingerprint density at radius 2 is 2.00 bits per heavy atom. The van der Waals surface area contributed by atoms with Gasteiger partial charge in [-0.05, 0) is 42.5 Å². The molecule has 1 aromatic carbocycles. The molecule has 0 amide bonds. The summed E-state index contributed by atoms with van der Waals surface area (Å²) in [6.45, 7) is 10.6. The fourth-order valence-electron chi connectivity index (χ4n) is 1.57. The summed E-state index contributed by atoms with van der Waals surface area (Å²) >= 11 is 0. The summed E-state index contributed by atoms with van der Waals surface area (Å²) in [5.41, 5.74) is 5.33. The summed E-state index contributed by atoms with van der Waals surface area (Å²) in [4.78, 5) is 0. The summed E-state index contributed by atoms with van der Waals surface area (Å²) in [6, 6.07) is 6.43. The van der Waals surface area contributed by atoms with Crippen LogP contribution in [0.3, 0.4) is 0 Å². The summed E-state index contributed by atoms with van der Waals surface area (Å²) < 4.78 is 0. The molecule has 0 aromatic heterocycles. The van der Waals surface area contributed by atoms with Crippen LogP contribution in [0.1, 0.15) is 36.5 Å². The third-order valence-corrected chi connectivity index (χ3v) is 2.54. The number of rotatable bonds is 3. The molecule has 0 saturated carbocycles. The SMILES string of the molecule is C=C(CCC)c1cccc(C)c1C. The molecule has 1 aromatic rings. The molecule has 0 heterocycles. The Labute approximate surface area is 81.3 Å². The topological polar surface area (TPSA) is 0 Å². The van der Waals surface area contributed by atoms with E-state index < -0.39 is 0 Å². The molecule has 0 radical (unpaired) electrons. The predicted molar refractivity (Wildman–Crippen MR) is 59.9 cm³/mol. The van der Waals surface area contributed by atoms with E-state index in [9.17, 15) is 0 Å². The number of allylic oxidation sites excluding steroid dienone is 1. The number of hydrogen-bond acceptors (Lipinski definition) is 0. The molecule has 0 spiro atoms. The van der Waals surface area contributed by atoms with E-state index in [1.54, 1.807) is 0 Å². The minimum absolute atomic E-state index is 1.10. The first-order valence-electron chi connectivity index (χ1n) is 4.91. The first-order valence-corrected chi connectivity index (χ1v) is 4.91. The van der Waals surface area contributed by atoms with E-state index in [0.29, 0.717) is 0 Å². The van der Waals surface area contributed by atoms with Crippen LogP contribution in [0.4, 0.5) is 0 Å². The lowest BCUT2D eigenvalue weighted by molar-refractivity contribution is 0.973. The highest BCUT2D eigenvalue weighted by Gasteiger charge is 2.02. The maximum Gasteiger partial charge on any atom is -0.0198 e. The van der Waals surface area contributed by atoms with Crippen molar-refractivity contribution in [3.05, 3.63) is 41.5 Å². The Bertz CT molecular complexity index is 308. The fraction of sp³-hybridized carbons (Fsp3) is 0.385. The van der Waals surface area contributed by atoms with E-state index in [0.717, 1.165) is 6.42 Å². The van der Waals surface area contributed by atoms with E-state index in [1.165, 1.54) is 28.7 Å². The summed E-state index contributed by atoms with van der Waals surface area (Å²) in [5.74, 6) is 0. The van der Waals surface area contributed by atoms with Gasteiger partial charge in [0.1, 0.15) is 0 Å². The third kappa shape index (κ3) is 2.21. The molecule has 0 aliphatic heterocycles. The van der Waals surface area contributed by atoms with Gasteiger partial charge in [-0.1, -0.05) is 38.1 Å². The number of hydrogen-bond donors (Lipinski definition) is 0. The molecule has 0 atom stereocenters. The van der Waals surface area contributed by atoms with Crippen molar-refractivity contribution in [3.63, 3.8) is 0 Å². The summed E-state index contributed by atoms with van der Waals surface area (Å²) in [6.07, 6.45) is 2.27. The number of aryl methyl sites for hydroxylation is 1. The molecule has 0 nitrogen and oxygen atoms in total. The Hall–Kier alpha value is -1.04. The molecule has 0 unspecified atom stereocenters. The molecular formula is C13H18. The molecule has 0 N–H and O–H groups in total. The second-order valence-electron chi connectivity index (χ2n) is 3.60. The highest BCUT2D eigenvalue weighted by atomic mass is 14.1. The second kappa shape index (κ2) is 4.27. The average molecular weight is 174 g/mol. The highest BCUT2D eigenvalue weighted by Crippen LogP contribution is 2.23. The van der Waals surface area contributed by atoms with E-state index in [1.807, 2.05) is 0 Å². The van der Waals surface area contributed by atoms with Crippen molar-refractivity contribution >= 4 is 5.57 Å². The van der Waals surface area contributed by atoms with Gasteiger partial charge in [0.25, 0.3) is 0 Å². The van der Waals surface area contributed by atoms with Crippen LogP contribution in [-0.2, 0) is 0 Å². The second-order valence-corrected chi connectivity index (χ2v) is 3.60. The van der Waals surface area contributed by atoms with Crippen molar-refractivity contribution in [3.8, 4) is 0 Å². The highest BCUT2D eigenvalue weighted by molar-refractivity contribution is 5.67. The molecule has 13 heavy (non-hydrogen) atoms. The van der Waals surface area contributed by atoms with E-state index >= 15 is 0 Å². The van der Waals surface area contributed by atoms with Crippen LogP contribution >= 0.6 is 0 Å². The van der Waals surface area contributed by atoms with Gasteiger partial charge >= 0.3 is 0 Å². The zero-order chi connectivity index (χ0) is 9.84. The van der Waals surface area contributed by atoms with Gasteiger partial charge in [0.05, 0.1) is 0 Å². The minimum atomic E-state index is 1.10. The van der Waals surface area contributed by atoms with Crippen LogP contribution in [0.5, 0.6) is 0 Å². The molecule has 0 saturated heterocycles. The smallest absolute Gasteiger partial charge is 0.0198 e. The molecule has 1 rings (SSSR count). The normalized spacial score (nSPS) is 10.1. The van der Waals surface area contributed by atoms with Crippen molar-refractivity contribution in [2.75, 3.05) is 0 Å². The maximum atomic E-state index is 4.12. The molecule has 0 aliphatic carbocycles. The third-order valence-electron chi connectivity index (χ3n) is 2.54. The largest absolute Gasteiger partial charge is 0.0952 e. The van der Waals surface area contributed by atoms with Gasteiger partial charge in [-0.2, -0.15) is 0 Å². The minimum Gasteiger partial charge on any atom is -0.0952 e. The van der Waals surface area contributed by atoms with Gasteiger partial charge < -0.3 is 0 Å². The van der Waals surface area contributed by atoms with Crippen molar-refractivity contribution < 1.29 is 0 Å². The fourth-order valence-corrected chi connectivity index (χ4v) is 1.57.